The maximum absolute atomic E-state index is 5.83. The standard InChI is InChI=1S/C14H19ClN4O/c1-3-19(4-2)11(12-6-5-7-20-12)8-17-14-10-16-9-13(15)18-14/h5-7,9-11H,3-4,8H2,1-2H3,(H,17,18). The van der Waals surface area contributed by atoms with Gasteiger partial charge in [0.05, 0.1) is 24.7 Å². The lowest BCUT2D eigenvalue weighted by molar-refractivity contribution is 0.202. The van der Waals surface area contributed by atoms with E-state index < -0.39 is 0 Å². The largest absolute Gasteiger partial charge is 0.468 e. The van der Waals surface area contributed by atoms with Crippen LogP contribution in [0.3, 0.4) is 0 Å². The second-order valence-electron chi connectivity index (χ2n) is 4.36. The Balaban J connectivity index is 2.08. The van der Waals surface area contributed by atoms with Gasteiger partial charge in [0.2, 0.25) is 0 Å². The van der Waals surface area contributed by atoms with Crippen molar-refractivity contribution in [2.75, 3.05) is 25.0 Å². The fourth-order valence-corrected chi connectivity index (χ4v) is 2.33. The van der Waals surface area contributed by atoms with Gasteiger partial charge in [-0.1, -0.05) is 25.4 Å². The number of rotatable bonds is 7. The molecular weight excluding hydrogens is 276 g/mol. The number of halogens is 1. The first kappa shape index (κ1) is 14.8. The number of hydrogen-bond acceptors (Lipinski definition) is 5. The smallest absolute Gasteiger partial charge is 0.149 e. The van der Waals surface area contributed by atoms with E-state index >= 15 is 0 Å². The molecule has 20 heavy (non-hydrogen) atoms. The first-order valence-corrected chi connectivity index (χ1v) is 7.11. The fourth-order valence-electron chi connectivity index (χ4n) is 2.18. The lowest BCUT2D eigenvalue weighted by atomic mass is 10.2. The molecule has 0 aliphatic heterocycles. The Labute approximate surface area is 124 Å². The topological polar surface area (TPSA) is 54.2 Å². The molecule has 1 N–H and O–H groups in total. The summed E-state index contributed by atoms with van der Waals surface area (Å²) in [6.45, 7) is 6.86. The summed E-state index contributed by atoms with van der Waals surface area (Å²) >= 11 is 5.83. The van der Waals surface area contributed by atoms with Crippen LogP contribution in [0.1, 0.15) is 25.6 Å². The van der Waals surface area contributed by atoms with Crippen molar-refractivity contribution in [1.82, 2.24) is 14.9 Å². The molecule has 0 aromatic carbocycles. The third-order valence-corrected chi connectivity index (χ3v) is 3.39. The molecule has 1 unspecified atom stereocenters. The lowest BCUT2D eigenvalue weighted by Gasteiger charge is -2.28. The first-order chi connectivity index (χ1) is 9.74. The molecule has 6 heteroatoms. The average molecular weight is 295 g/mol. The summed E-state index contributed by atoms with van der Waals surface area (Å²) in [7, 11) is 0. The predicted octanol–water partition coefficient (Wildman–Crippen LogP) is 3.22. The van der Waals surface area contributed by atoms with Crippen molar-refractivity contribution in [2.45, 2.75) is 19.9 Å². The molecule has 0 aliphatic carbocycles. The van der Waals surface area contributed by atoms with Gasteiger partial charge in [0.15, 0.2) is 0 Å². The van der Waals surface area contributed by atoms with Crippen molar-refractivity contribution in [3.63, 3.8) is 0 Å². The van der Waals surface area contributed by atoms with E-state index in [4.69, 9.17) is 16.0 Å². The van der Waals surface area contributed by atoms with Crippen LogP contribution in [0.4, 0.5) is 5.82 Å². The molecule has 108 valence electrons. The van der Waals surface area contributed by atoms with Gasteiger partial charge >= 0.3 is 0 Å². The molecule has 0 radical (unpaired) electrons. The SMILES string of the molecule is CCN(CC)C(CNc1cncc(Cl)n1)c1ccco1. The van der Waals surface area contributed by atoms with Crippen LogP contribution in [0, 0.1) is 0 Å². The molecular formula is C14H19ClN4O. The van der Waals surface area contributed by atoms with Crippen LogP contribution >= 0.6 is 11.6 Å². The zero-order valence-corrected chi connectivity index (χ0v) is 12.5. The van der Waals surface area contributed by atoms with E-state index in [1.807, 2.05) is 12.1 Å². The number of aromatic nitrogens is 2. The molecule has 0 bridgehead atoms. The Morgan fingerprint density at radius 1 is 1.35 bits per heavy atom. The van der Waals surface area contributed by atoms with E-state index in [0.29, 0.717) is 17.5 Å². The highest BCUT2D eigenvalue weighted by Crippen LogP contribution is 2.21. The van der Waals surface area contributed by atoms with Gasteiger partial charge in [0.25, 0.3) is 0 Å². The second-order valence-corrected chi connectivity index (χ2v) is 4.75. The van der Waals surface area contributed by atoms with E-state index in [9.17, 15) is 0 Å². The number of nitrogens with zero attached hydrogens (tertiary/aromatic N) is 3. The van der Waals surface area contributed by atoms with E-state index in [-0.39, 0.29) is 6.04 Å². The summed E-state index contributed by atoms with van der Waals surface area (Å²) < 4.78 is 5.55. The molecule has 5 nitrogen and oxygen atoms in total. The molecule has 0 amide bonds. The predicted molar refractivity (Wildman–Crippen MR) is 79.9 cm³/mol. The number of anilines is 1. The molecule has 0 saturated heterocycles. The molecule has 2 heterocycles. The zero-order valence-electron chi connectivity index (χ0n) is 11.7. The minimum atomic E-state index is 0.154. The van der Waals surface area contributed by atoms with E-state index in [2.05, 4.69) is 34.0 Å². The highest BCUT2D eigenvalue weighted by molar-refractivity contribution is 6.29. The van der Waals surface area contributed by atoms with Gasteiger partial charge in [0, 0.05) is 6.54 Å². The molecule has 2 aromatic heterocycles. The van der Waals surface area contributed by atoms with Gasteiger partial charge < -0.3 is 9.73 Å². The third kappa shape index (κ3) is 3.71. The Kier molecular flexibility index (Phi) is 5.38. The molecule has 0 aliphatic rings. The van der Waals surface area contributed by atoms with Crippen molar-refractivity contribution >= 4 is 17.4 Å². The van der Waals surface area contributed by atoms with E-state index in [1.165, 1.54) is 6.20 Å². The van der Waals surface area contributed by atoms with E-state index in [0.717, 1.165) is 18.8 Å². The highest BCUT2D eigenvalue weighted by atomic mass is 35.5. The summed E-state index contributed by atoms with van der Waals surface area (Å²) in [4.78, 5) is 10.5. The Hall–Kier alpha value is -1.59. The number of furan rings is 1. The van der Waals surface area contributed by atoms with Gasteiger partial charge in [-0.2, -0.15) is 0 Å². The minimum absolute atomic E-state index is 0.154. The summed E-state index contributed by atoms with van der Waals surface area (Å²) in [5, 5.41) is 3.65. The quantitative estimate of drug-likeness (QED) is 0.850. The number of hydrogen-bond donors (Lipinski definition) is 1. The van der Waals surface area contributed by atoms with Crippen molar-refractivity contribution < 1.29 is 4.42 Å². The van der Waals surface area contributed by atoms with Gasteiger partial charge in [-0.3, -0.25) is 9.88 Å². The van der Waals surface area contributed by atoms with Gasteiger partial charge in [-0.05, 0) is 25.2 Å². The summed E-state index contributed by atoms with van der Waals surface area (Å²) in [5.74, 6) is 1.61. The Morgan fingerprint density at radius 3 is 2.75 bits per heavy atom. The lowest BCUT2D eigenvalue weighted by Crippen LogP contribution is -2.33. The molecule has 2 aromatic rings. The molecule has 0 saturated carbocycles. The van der Waals surface area contributed by atoms with Crippen LogP contribution in [0.5, 0.6) is 0 Å². The van der Waals surface area contributed by atoms with Crippen LogP contribution in [-0.4, -0.2) is 34.5 Å². The van der Waals surface area contributed by atoms with Crippen LogP contribution in [0.2, 0.25) is 5.15 Å². The minimum Gasteiger partial charge on any atom is -0.468 e. The molecule has 0 fully saturated rings. The number of likely N-dealkylation sites (N-methyl/N-ethyl adjacent to an activating group) is 1. The van der Waals surface area contributed by atoms with Crippen molar-refractivity contribution in [2.24, 2.45) is 0 Å². The monoisotopic (exact) mass is 294 g/mol. The van der Waals surface area contributed by atoms with Crippen molar-refractivity contribution in [3.05, 3.63) is 41.7 Å². The average Bonchev–Trinajstić information content (AvgIpc) is 2.97. The molecule has 0 spiro atoms. The van der Waals surface area contributed by atoms with Gasteiger partial charge in [-0.15, -0.1) is 0 Å². The summed E-state index contributed by atoms with van der Waals surface area (Å²) in [5.41, 5.74) is 0. The third-order valence-electron chi connectivity index (χ3n) is 3.21. The molecule has 2 rings (SSSR count). The maximum atomic E-state index is 5.83. The van der Waals surface area contributed by atoms with Gasteiger partial charge in [-0.25, -0.2) is 4.98 Å². The van der Waals surface area contributed by atoms with Crippen LogP contribution < -0.4 is 5.32 Å². The van der Waals surface area contributed by atoms with E-state index in [1.54, 1.807) is 12.5 Å². The van der Waals surface area contributed by atoms with Crippen molar-refractivity contribution in [3.8, 4) is 0 Å². The maximum Gasteiger partial charge on any atom is 0.149 e. The Bertz CT molecular complexity index is 514. The summed E-state index contributed by atoms with van der Waals surface area (Å²) in [6, 6.07) is 4.06. The van der Waals surface area contributed by atoms with Crippen LogP contribution in [0.25, 0.3) is 0 Å². The van der Waals surface area contributed by atoms with Crippen molar-refractivity contribution in [1.29, 1.82) is 0 Å². The summed E-state index contributed by atoms with van der Waals surface area (Å²) in [6.07, 6.45) is 4.87. The van der Waals surface area contributed by atoms with Crippen LogP contribution in [0.15, 0.2) is 35.2 Å². The Morgan fingerprint density at radius 2 is 2.15 bits per heavy atom. The first-order valence-electron chi connectivity index (χ1n) is 6.73. The second kappa shape index (κ2) is 7.26. The van der Waals surface area contributed by atoms with Crippen LogP contribution in [-0.2, 0) is 0 Å². The number of nitrogens with one attached hydrogen (secondary N) is 1. The van der Waals surface area contributed by atoms with Gasteiger partial charge in [0.1, 0.15) is 16.7 Å². The zero-order chi connectivity index (χ0) is 14.4. The molecule has 1 atom stereocenters. The normalized spacial score (nSPS) is 12.6. The highest BCUT2D eigenvalue weighted by Gasteiger charge is 2.20. The fraction of sp³-hybridized carbons (Fsp3) is 0.429.